The maximum Gasteiger partial charge on any atom is 0.335 e. The summed E-state index contributed by atoms with van der Waals surface area (Å²) in [6.07, 6.45) is 2.93. The Bertz CT molecular complexity index is 1130. The minimum atomic E-state index is -1.16. The Kier molecular flexibility index (Phi) is 5.92. The number of azo groups is 1. The van der Waals surface area contributed by atoms with Gasteiger partial charge in [0.2, 0.25) is 0 Å². The molecule has 0 saturated carbocycles. The van der Waals surface area contributed by atoms with Crippen molar-refractivity contribution >= 4 is 17.3 Å². The second-order valence-electron chi connectivity index (χ2n) is 6.67. The molecule has 0 spiro atoms. The van der Waals surface area contributed by atoms with Crippen LogP contribution in [0.1, 0.15) is 41.4 Å². The molecule has 150 valence electrons. The molecule has 8 nitrogen and oxygen atoms in total. The lowest BCUT2D eigenvalue weighted by molar-refractivity contribution is 0.0696. The first-order valence-corrected chi connectivity index (χ1v) is 9.30. The fraction of sp³-hybridized carbons (Fsp3) is 0.238. The highest BCUT2D eigenvalue weighted by atomic mass is 16.4. The number of carboxylic acids is 1. The summed E-state index contributed by atoms with van der Waals surface area (Å²) in [5.41, 5.74) is 2.14. The van der Waals surface area contributed by atoms with Gasteiger partial charge in [0.05, 0.1) is 16.9 Å². The van der Waals surface area contributed by atoms with Crippen LogP contribution in [-0.4, -0.2) is 26.0 Å². The predicted octanol–water partition coefficient (Wildman–Crippen LogP) is 4.64. The van der Waals surface area contributed by atoms with Crippen LogP contribution in [0, 0.1) is 6.92 Å². The van der Waals surface area contributed by atoms with Gasteiger partial charge in [-0.2, -0.15) is 0 Å². The number of rotatable bonds is 7. The molecular weight excluding hydrogens is 372 g/mol. The van der Waals surface area contributed by atoms with E-state index in [1.807, 2.05) is 24.3 Å². The zero-order valence-electron chi connectivity index (χ0n) is 16.2. The average molecular weight is 394 g/mol. The van der Waals surface area contributed by atoms with E-state index >= 15 is 0 Å². The van der Waals surface area contributed by atoms with Crippen molar-refractivity contribution < 1.29 is 15.0 Å². The monoisotopic (exact) mass is 394 g/mol. The second-order valence-corrected chi connectivity index (χ2v) is 6.67. The Labute approximate surface area is 167 Å². The average Bonchev–Trinajstić information content (AvgIpc) is 2.99. The molecule has 8 heteroatoms. The molecule has 0 unspecified atom stereocenters. The highest BCUT2D eigenvalue weighted by Crippen LogP contribution is 2.29. The molecule has 3 aromatic rings. The first-order chi connectivity index (χ1) is 13.9. The van der Waals surface area contributed by atoms with E-state index in [0.29, 0.717) is 5.69 Å². The fourth-order valence-electron chi connectivity index (χ4n) is 2.98. The van der Waals surface area contributed by atoms with Gasteiger partial charge in [0.25, 0.3) is 5.56 Å². The number of para-hydroxylation sites is 1. The standard InChI is InChI=1S/C21H22N4O4/c1-3-4-7-14-8-5-6-9-17(14)25-20(27)19(13(2)24-25)23-22-16-11-10-15(21(28)29)12-18(16)26/h5-6,8-12,24,26H,3-4,7H2,1-2H3,(H,28,29). The molecule has 0 bridgehead atoms. The van der Waals surface area contributed by atoms with Gasteiger partial charge in [-0.15, -0.1) is 10.2 Å². The number of carbonyl (C=O) groups is 1. The zero-order valence-corrected chi connectivity index (χ0v) is 16.2. The molecule has 0 amide bonds. The van der Waals surface area contributed by atoms with Crippen LogP contribution in [0.15, 0.2) is 57.5 Å². The molecule has 0 aliphatic rings. The molecule has 0 fully saturated rings. The maximum absolute atomic E-state index is 12.9. The number of aromatic carboxylic acids is 1. The number of nitrogens with zero attached hydrogens (tertiary/aromatic N) is 3. The number of carboxylic acid groups (broad SMARTS) is 1. The fourth-order valence-corrected chi connectivity index (χ4v) is 2.98. The van der Waals surface area contributed by atoms with Crippen LogP contribution in [-0.2, 0) is 6.42 Å². The van der Waals surface area contributed by atoms with Gasteiger partial charge in [0, 0.05) is 0 Å². The van der Waals surface area contributed by atoms with Crippen LogP contribution in [0.25, 0.3) is 5.69 Å². The van der Waals surface area contributed by atoms with Gasteiger partial charge in [-0.25, -0.2) is 9.48 Å². The summed E-state index contributed by atoms with van der Waals surface area (Å²) in [4.78, 5) is 23.9. The lowest BCUT2D eigenvalue weighted by Gasteiger charge is -2.08. The van der Waals surface area contributed by atoms with Crippen LogP contribution in [0.2, 0.25) is 0 Å². The van der Waals surface area contributed by atoms with E-state index in [0.717, 1.165) is 36.6 Å². The van der Waals surface area contributed by atoms with Crippen molar-refractivity contribution in [1.82, 2.24) is 9.78 Å². The number of H-pyrrole nitrogens is 1. The van der Waals surface area contributed by atoms with Crippen molar-refractivity contribution in [1.29, 1.82) is 0 Å². The van der Waals surface area contributed by atoms with Crippen LogP contribution in [0.5, 0.6) is 5.75 Å². The summed E-state index contributed by atoms with van der Waals surface area (Å²) in [5.74, 6) is -1.48. The van der Waals surface area contributed by atoms with Crippen LogP contribution in [0.4, 0.5) is 11.4 Å². The molecule has 0 atom stereocenters. The molecular formula is C21H22N4O4. The van der Waals surface area contributed by atoms with E-state index in [-0.39, 0.29) is 28.2 Å². The Morgan fingerprint density at radius 2 is 1.93 bits per heavy atom. The molecule has 1 heterocycles. The second kappa shape index (κ2) is 8.55. The van der Waals surface area contributed by atoms with E-state index in [1.165, 1.54) is 16.8 Å². The minimum Gasteiger partial charge on any atom is -0.506 e. The SMILES string of the molecule is CCCCc1ccccc1-n1[nH]c(C)c(N=Nc2ccc(C(=O)O)cc2O)c1=O. The lowest BCUT2D eigenvalue weighted by Crippen LogP contribution is -2.15. The van der Waals surface area contributed by atoms with Gasteiger partial charge in [-0.3, -0.25) is 9.89 Å². The summed E-state index contributed by atoms with van der Waals surface area (Å²) in [7, 11) is 0. The lowest BCUT2D eigenvalue weighted by atomic mass is 10.1. The summed E-state index contributed by atoms with van der Waals surface area (Å²) >= 11 is 0. The van der Waals surface area contributed by atoms with E-state index in [1.54, 1.807) is 6.92 Å². The van der Waals surface area contributed by atoms with Gasteiger partial charge in [0.15, 0.2) is 5.69 Å². The van der Waals surface area contributed by atoms with Crippen LogP contribution in [0.3, 0.4) is 0 Å². The van der Waals surface area contributed by atoms with E-state index < -0.39 is 5.97 Å². The molecule has 0 aliphatic heterocycles. The van der Waals surface area contributed by atoms with Gasteiger partial charge < -0.3 is 10.2 Å². The number of phenols is 1. The third kappa shape index (κ3) is 4.26. The molecule has 0 aliphatic carbocycles. The van der Waals surface area contributed by atoms with E-state index in [4.69, 9.17) is 5.11 Å². The molecule has 0 saturated heterocycles. The Balaban J connectivity index is 1.96. The highest BCUT2D eigenvalue weighted by molar-refractivity contribution is 5.88. The smallest absolute Gasteiger partial charge is 0.335 e. The molecule has 2 aromatic carbocycles. The minimum absolute atomic E-state index is 0.0645. The number of benzene rings is 2. The van der Waals surface area contributed by atoms with Gasteiger partial charge in [-0.1, -0.05) is 31.5 Å². The topological polar surface area (TPSA) is 120 Å². The molecule has 0 radical (unpaired) electrons. The van der Waals surface area contributed by atoms with Crippen molar-refractivity contribution in [3.63, 3.8) is 0 Å². The number of aromatic amines is 1. The first kappa shape index (κ1) is 20.1. The Morgan fingerprint density at radius 3 is 2.62 bits per heavy atom. The highest BCUT2D eigenvalue weighted by Gasteiger charge is 2.15. The number of unbranched alkanes of at least 4 members (excludes halogenated alkanes) is 1. The zero-order chi connectivity index (χ0) is 21.0. The van der Waals surface area contributed by atoms with Gasteiger partial charge >= 0.3 is 5.97 Å². The normalized spacial score (nSPS) is 11.2. The number of aryl methyl sites for hydroxylation is 2. The number of aromatic hydroxyl groups is 1. The molecule has 29 heavy (non-hydrogen) atoms. The Morgan fingerprint density at radius 1 is 1.17 bits per heavy atom. The van der Waals surface area contributed by atoms with E-state index in [9.17, 15) is 14.7 Å². The third-order valence-corrected chi connectivity index (χ3v) is 4.55. The number of phenolic OH excluding ortho intramolecular Hbond substituents is 1. The number of nitrogens with one attached hydrogen (secondary N) is 1. The van der Waals surface area contributed by atoms with Gasteiger partial charge in [-0.05, 0) is 49.6 Å². The summed E-state index contributed by atoms with van der Waals surface area (Å²) < 4.78 is 1.45. The van der Waals surface area contributed by atoms with Crippen LogP contribution < -0.4 is 5.56 Å². The number of aromatic nitrogens is 2. The largest absolute Gasteiger partial charge is 0.506 e. The first-order valence-electron chi connectivity index (χ1n) is 9.30. The Hall–Kier alpha value is -3.68. The summed E-state index contributed by atoms with van der Waals surface area (Å²) in [6, 6.07) is 11.4. The predicted molar refractivity (Wildman–Crippen MR) is 109 cm³/mol. The molecule has 1 aromatic heterocycles. The summed E-state index contributed by atoms with van der Waals surface area (Å²) in [5, 5.41) is 29.9. The molecule has 3 rings (SSSR count). The van der Waals surface area contributed by atoms with Crippen molar-refractivity contribution in [3.8, 4) is 11.4 Å². The van der Waals surface area contributed by atoms with Crippen molar-refractivity contribution in [2.75, 3.05) is 0 Å². The van der Waals surface area contributed by atoms with E-state index in [2.05, 4.69) is 22.3 Å². The van der Waals surface area contributed by atoms with Crippen molar-refractivity contribution in [2.24, 2.45) is 10.2 Å². The van der Waals surface area contributed by atoms with Gasteiger partial charge in [0.1, 0.15) is 11.4 Å². The maximum atomic E-state index is 12.9. The molecule has 3 N–H and O–H groups in total. The van der Waals surface area contributed by atoms with Crippen molar-refractivity contribution in [3.05, 3.63) is 69.6 Å². The number of hydrogen-bond donors (Lipinski definition) is 3. The van der Waals surface area contributed by atoms with Crippen molar-refractivity contribution in [2.45, 2.75) is 33.1 Å². The van der Waals surface area contributed by atoms with Crippen LogP contribution >= 0.6 is 0 Å². The summed E-state index contributed by atoms with van der Waals surface area (Å²) in [6.45, 7) is 3.83. The third-order valence-electron chi connectivity index (χ3n) is 4.55. The quantitative estimate of drug-likeness (QED) is 0.506. The number of hydrogen-bond acceptors (Lipinski definition) is 5.